The normalized spacial score (nSPS) is 13.4. The van der Waals surface area contributed by atoms with E-state index in [-0.39, 0.29) is 5.56 Å². The van der Waals surface area contributed by atoms with E-state index in [0.29, 0.717) is 19.0 Å². The molecule has 0 fully saturated rings. The highest BCUT2D eigenvalue weighted by Crippen LogP contribution is 2.20. The molecular weight excluding hydrogens is 238 g/mol. The Morgan fingerprint density at radius 1 is 1.53 bits per heavy atom. The quantitative estimate of drug-likeness (QED) is 0.903. The number of fused-ring (bicyclic) bond motifs is 1. The lowest BCUT2D eigenvalue weighted by molar-refractivity contribution is 0.647. The molecule has 0 aliphatic carbocycles. The van der Waals surface area contributed by atoms with Crippen molar-refractivity contribution in [1.29, 1.82) is 0 Å². The number of hydrogen-bond acceptors (Lipinski definition) is 3. The summed E-state index contributed by atoms with van der Waals surface area (Å²) < 4.78 is 1.73. The number of hydrogen-bond donors (Lipinski definition) is 1. The van der Waals surface area contributed by atoms with Crippen LogP contribution in [0.5, 0.6) is 0 Å². The van der Waals surface area contributed by atoms with E-state index < -0.39 is 0 Å². The van der Waals surface area contributed by atoms with Crippen LogP contribution in [-0.2, 0) is 13.1 Å². The molecule has 1 aliphatic rings. The molecule has 2 rings (SSSR count). The molecule has 0 radical (unpaired) electrons. The van der Waals surface area contributed by atoms with E-state index >= 15 is 0 Å². The summed E-state index contributed by atoms with van der Waals surface area (Å²) in [6.07, 6.45) is 0. The average Bonchev–Trinajstić information content (AvgIpc) is 2.69. The highest BCUT2D eigenvalue weighted by molar-refractivity contribution is 5.86. The van der Waals surface area contributed by atoms with E-state index in [2.05, 4.69) is 30.7 Å². The molecule has 2 heterocycles. The summed E-state index contributed by atoms with van der Waals surface area (Å²) in [4.78, 5) is 16.8. The predicted molar refractivity (Wildman–Crippen MR) is 79.0 cm³/mol. The molecule has 0 atom stereocenters. The molecule has 1 N–H and O–H groups in total. The van der Waals surface area contributed by atoms with Gasteiger partial charge in [0, 0.05) is 23.5 Å². The van der Waals surface area contributed by atoms with E-state index in [9.17, 15) is 4.79 Å². The third-order valence-corrected chi connectivity index (χ3v) is 3.48. The van der Waals surface area contributed by atoms with Gasteiger partial charge in [0.15, 0.2) is 0 Å². The van der Waals surface area contributed by atoms with Crippen LogP contribution in [0.3, 0.4) is 0 Å². The van der Waals surface area contributed by atoms with Crippen molar-refractivity contribution in [1.82, 2.24) is 9.88 Å². The summed E-state index contributed by atoms with van der Waals surface area (Å²) >= 11 is 0. The fourth-order valence-corrected chi connectivity index (χ4v) is 2.12. The van der Waals surface area contributed by atoms with Gasteiger partial charge in [-0.2, -0.15) is 0 Å². The third kappa shape index (κ3) is 2.62. The highest BCUT2D eigenvalue weighted by atomic mass is 16.1. The molecule has 19 heavy (non-hydrogen) atoms. The van der Waals surface area contributed by atoms with Crippen LogP contribution in [0.2, 0.25) is 0 Å². The van der Waals surface area contributed by atoms with Crippen molar-refractivity contribution < 1.29 is 0 Å². The van der Waals surface area contributed by atoms with Crippen LogP contribution in [0.4, 0.5) is 5.82 Å². The van der Waals surface area contributed by atoms with Crippen molar-refractivity contribution in [2.45, 2.75) is 40.8 Å². The first-order valence-electron chi connectivity index (χ1n) is 6.60. The van der Waals surface area contributed by atoms with Gasteiger partial charge in [-0.05, 0) is 31.4 Å². The van der Waals surface area contributed by atoms with E-state index in [1.54, 1.807) is 4.57 Å². The number of nitrogens with zero attached hydrogens (tertiary/aromatic N) is 2. The molecular formula is C15H21N3O. The lowest BCUT2D eigenvalue weighted by atomic mass is 10.1. The number of rotatable bonds is 4. The fraction of sp³-hybridized carbons (Fsp3) is 0.467. The Hall–Kier alpha value is -1.84. The van der Waals surface area contributed by atoms with Gasteiger partial charge in [0.1, 0.15) is 5.82 Å². The molecule has 0 aromatic carbocycles. The molecule has 0 bridgehead atoms. The second-order valence-corrected chi connectivity index (χ2v) is 5.44. The predicted octanol–water partition coefficient (Wildman–Crippen LogP) is 2.52. The van der Waals surface area contributed by atoms with Gasteiger partial charge in [0.2, 0.25) is 0 Å². The second-order valence-electron chi connectivity index (χ2n) is 5.44. The van der Waals surface area contributed by atoms with Crippen LogP contribution in [0.1, 0.15) is 31.9 Å². The summed E-state index contributed by atoms with van der Waals surface area (Å²) in [6.45, 7) is 13.2. The number of allylic oxidation sites excluding steroid dienone is 1. The van der Waals surface area contributed by atoms with Gasteiger partial charge in [-0.1, -0.05) is 20.4 Å². The first-order chi connectivity index (χ1) is 8.90. The van der Waals surface area contributed by atoms with Crippen molar-refractivity contribution in [3.8, 4) is 0 Å². The summed E-state index contributed by atoms with van der Waals surface area (Å²) in [5, 5.41) is 3.24. The van der Waals surface area contributed by atoms with Crippen LogP contribution in [-0.4, -0.2) is 10.3 Å². The third-order valence-electron chi connectivity index (χ3n) is 3.48. The van der Waals surface area contributed by atoms with E-state index in [4.69, 9.17) is 0 Å². The molecule has 0 amide bonds. The van der Waals surface area contributed by atoms with Crippen molar-refractivity contribution >= 4 is 11.5 Å². The van der Waals surface area contributed by atoms with E-state index in [0.717, 1.165) is 28.4 Å². The molecule has 1 aliphatic heterocycles. The van der Waals surface area contributed by atoms with E-state index in [1.165, 1.54) is 0 Å². The van der Waals surface area contributed by atoms with Gasteiger partial charge in [0.05, 0.1) is 6.54 Å². The second kappa shape index (κ2) is 5.03. The Balaban J connectivity index is 2.27. The lowest BCUT2D eigenvalue weighted by Crippen LogP contribution is -2.28. The molecule has 4 nitrogen and oxygen atoms in total. The Morgan fingerprint density at radius 3 is 2.84 bits per heavy atom. The topological polar surface area (TPSA) is 46.4 Å². The Labute approximate surface area is 113 Å². The van der Waals surface area contributed by atoms with Crippen LogP contribution in [0, 0.1) is 12.8 Å². The number of aryl methyl sites for hydroxylation is 1. The molecule has 1 aromatic rings. The number of nitrogens with one attached hydrogen (secondary N) is 1. The molecule has 1 aromatic heterocycles. The lowest BCUT2D eigenvalue weighted by Gasteiger charge is -2.14. The zero-order valence-corrected chi connectivity index (χ0v) is 12.1. The number of aromatic nitrogens is 1. The van der Waals surface area contributed by atoms with Crippen molar-refractivity contribution in [2.24, 2.45) is 10.9 Å². The number of aliphatic imine (C=N–C) groups is 1. The average molecular weight is 259 g/mol. The Morgan fingerprint density at radius 2 is 2.21 bits per heavy atom. The maximum absolute atomic E-state index is 12.4. The minimum absolute atomic E-state index is 0.0552. The monoisotopic (exact) mass is 259 g/mol. The van der Waals surface area contributed by atoms with Crippen molar-refractivity contribution in [2.75, 3.05) is 0 Å². The van der Waals surface area contributed by atoms with Gasteiger partial charge in [-0.15, -0.1) is 0 Å². The van der Waals surface area contributed by atoms with Gasteiger partial charge in [0.25, 0.3) is 5.56 Å². The van der Waals surface area contributed by atoms with Crippen molar-refractivity contribution in [3.63, 3.8) is 0 Å². The van der Waals surface area contributed by atoms with Gasteiger partial charge >= 0.3 is 0 Å². The highest BCUT2D eigenvalue weighted by Gasteiger charge is 2.17. The molecule has 0 saturated carbocycles. The van der Waals surface area contributed by atoms with Crippen LogP contribution in [0.25, 0.3) is 0 Å². The Bertz CT molecular complexity index is 609. The Kier molecular flexibility index (Phi) is 3.60. The smallest absolute Gasteiger partial charge is 0.257 e. The largest absolute Gasteiger partial charge is 0.384 e. The minimum atomic E-state index is 0.0552. The van der Waals surface area contributed by atoms with Gasteiger partial charge < -0.3 is 5.32 Å². The fourth-order valence-electron chi connectivity index (χ4n) is 2.12. The van der Waals surface area contributed by atoms with E-state index in [1.807, 2.05) is 19.9 Å². The maximum Gasteiger partial charge on any atom is 0.257 e. The molecule has 102 valence electrons. The molecule has 0 saturated heterocycles. The molecule has 0 unspecified atom stereocenters. The molecule has 0 spiro atoms. The zero-order chi connectivity index (χ0) is 14.2. The summed E-state index contributed by atoms with van der Waals surface area (Å²) in [5.74, 6) is 1.13. The standard InChI is InChI=1S/C15H21N3O/c1-9(2)12(5)16-7-13-10(3)6-14-17-11(4)8-18(14)15(13)19/h6,9,16H,5,7-8H2,1-4H3. The summed E-state index contributed by atoms with van der Waals surface area (Å²) in [5.41, 5.74) is 3.78. The SMILES string of the molecule is C=C(NCc1c(C)cc2n(c1=O)CC(C)=N2)C(C)C. The van der Waals surface area contributed by atoms with Crippen molar-refractivity contribution in [3.05, 3.63) is 39.8 Å². The van der Waals surface area contributed by atoms with Crippen LogP contribution >= 0.6 is 0 Å². The summed E-state index contributed by atoms with van der Waals surface area (Å²) in [7, 11) is 0. The number of pyridine rings is 1. The van der Waals surface area contributed by atoms with Gasteiger partial charge in [-0.25, -0.2) is 4.99 Å². The zero-order valence-electron chi connectivity index (χ0n) is 12.1. The van der Waals surface area contributed by atoms with Crippen LogP contribution < -0.4 is 10.9 Å². The minimum Gasteiger partial charge on any atom is -0.384 e. The molecule has 4 heteroatoms. The first-order valence-corrected chi connectivity index (χ1v) is 6.60. The van der Waals surface area contributed by atoms with Crippen LogP contribution in [0.15, 0.2) is 28.1 Å². The first kappa shape index (κ1) is 13.6. The summed E-state index contributed by atoms with van der Waals surface area (Å²) in [6, 6.07) is 1.98. The van der Waals surface area contributed by atoms with Gasteiger partial charge in [-0.3, -0.25) is 9.36 Å². The maximum atomic E-state index is 12.4.